The molecule has 0 unspecified atom stereocenters. The van der Waals surface area contributed by atoms with Crippen molar-refractivity contribution < 1.29 is 0 Å². The lowest BCUT2D eigenvalue weighted by molar-refractivity contribution is 1.14. The number of hydrogen-bond donors (Lipinski definition) is 0. The molecule has 0 amide bonds. The summed E-state index contributed by atoms with van der Waals surface area (Å²) in [4.78, 5) is 0. The van der Waals surface area contributed by atoms with Crippen LogP contribution >= 0.6 is 0 Å². The van der Waals surface area contributed by atoms with E-state index in [1.807, 2.05) is 24.3 Å². The second-order valence-corrected chi connectivity index (χ2v) is 4.11. The van der Waals surface area contributed by atoms with Gasteiger partial charge in [0.25, 0.3) is 0 Å². The fourth-order valence-electron chi connectivity index (χ4n) is 1.83. The van der Waals surface area contributed by atoms with Crippen LogP contribution in [0.1, 0.15) is 11.1 Å². The highest BCUT2D eigenvalue weighted by molar-refractivity contribution is 5.42. The van der Waals surface area contributed by atoms with E-state index in [0.717, 1.165) is 17.8 Å². The van der Waals surface area contributed by atoms with E-state index in [1.54, 1.807) is 14.1 Å². The van der Waals surface area contributed by atoms with Crippen LogP contribution in [0.15, 0.2) is 69.0 Å². The molecule has 4 heteroatoms. The molecule has 0 spiro atoms. The molecule has 96 valence electrons. The summed E-state index contributed by atoms with van der Waals surface area (Å²) >= 11 is 0. The zero-order chi connectivity index (χ0) is 13.5. The Morgan fingerprint density at radius 3 is 1.32 bits per heavy atom. The highest BCUT2D eigenvalue weighted by Crippen LogP contribution is 2.18. The number of nitrogens with zero attached hydrogens (tertiary/aromatic N) is 4. The summed E-state index contributed by atoms with van der Waals surface area (Å²) in [5, 5.41) is 15.5. The molecular formula is C15H16N4. The summed E-state index contributed by atoms with van der Waals surface area (Å²) < 4.78 is 0. The van der Waals surface area contributed by atoms with Crippen molar-refractivity contribution in [3.63, 3.8) is 0 Å². The smallest absolute Gasteiger partial charge is 0.0852 e. The summed E-state index contributed by atoms with van der Waals surface area (Å²) in [5.41, 5.74) is 4.26. The van der Waals surface area contributed by atoms with Gasteiger partial charge in [0.1, 0.15) is 0 Å². The monoisotopic (exact) mass is 252 g/mol. The van der Waals surface area contributed by atoms with Gasteiger partial charge in [0.05, 0.1) is 11.4 Å². The third-order valence-electron chi connectivity index (χ3n) is 2.71. The van der Waals surface area contributed by atoms with Gasteiger partial charge in [-0.25, -0.2) is 0 Å². The van der Waals surface area contributed by atoms with Crippen LogP contribution in [0.2, 0.25) is 0 Å². The molecule has 0 bridgehead atoms. The molecule has 2 rings (SSSR count). The number of rotatable bonds is 4. The largest absolute Gasteiger partial charge is 0.192 e. The average molecular weight is 252 g/mol. The van der Waals surface area contributed by atoms with E-state index in [0.29, 0.717) is 0 Å². The molecule has 4 nitrogen and oxygen atoms in total. The standard InChI is InChI=1S/C15H16N4/c1-16-18-14-7-3-12(4-8-14)11-13-5-9-15(10-6-13)19-17-2/h3-10H,11H2,1-2H3. The van der Waals surface area contributed by atoms with Crippen molar-refractivity contribution in [1.29, 1.82) is 0 Å². The minimum atomic E-state index is 0.880. The summed E-state index contributed by atoms with van der Waals surface area (Å²) in [6, 6.07) is 16.2. The molecule has 2 aromatic rings. The summed E-state index contributed by atoms with van der Waals surface area (Å²) in [5.74, 6) is 0. The fourth-order valence-corrected chi connectivity index (χ4v) is 1.83. The maximum atomic E-state index is 3.99. The third kappa shape index (κ3) is 3.81. The first kappa shape index (κ1) is 13.1. The van der Waals surface area contributed by atoms with Gasteiger partial charge in [-0.3, -0.25) is 0 Å². The Labute approximate surface area is 112 Å². The lowest BCUT2D eigenvalue weighted by atomic mass is 10.0. The van der Waals surface area contributed by atoms with Crippen LogP contribution in [0.25, 0.3) is 0 Å². The van der Waals surface area contributed by atoms with E-state index >= 15 is 0 Å². The predicted octanol–water partition coefficient (Wildman–Crippen LogP) is 4.70. The predicted molar refractivity (Wildman–Crippen MR) is 76.6 cm³/mol. The minimum absolute atomic E-state index is 0.880. The quantitative estimate of drug-likeness (QED) is 0.708. The lowest BCUT2D eigenvalue weighted by Gasteiger charge is -2.02. The second-order valence-electron chi connectivity index (χ2n) is 4.11. The highest BCUT2D eigenvalue weighted by atomic mass is 15.1. The average Bonchev–Trinajstić information content (AvgIpc) is 2.44. The SMILES string of the molecule is CN=Nc1ccc(Cc2ccc(N=NC)cc2)cc1. The first-order valence-electron chi connectivity index (χ1n) is 6.09. The summed E-state index contributed by atoms with van der Waals surface area (Å²) in [7, 11) is 3.34. The van der Waals surface area contributed by atoms with Gasteiger partial charge in [0, 0.05) is 14.1 Å². The lowest BCUT2D eigenvalue weighted by Crippen LogP contribution is -1.86. The van der Waals surface area contributed by atoms with E-state index in [9.17, 15) is 0 Å². The van der Waals surface area contributed by atoms with Crippen LogP contribution in [0, 0.1) is 0 Å². The Hall–Kier alpha value is -2.36. The Kier molecular flexibility index (Phi) is 4.50. The van der Waals surface area contributed by atoms with Crippen molar-refractivity contribution in [1.82, 2.24) is 0 Å². The van der Waals surface area contributed by atoms with Crippen LogP contribution in [0.5, 0.6) is 0 Å². The van der Waals surface area contributed by atoms with E-state index in [-0.39, 0.29) is 0 Å². The van der Waals surface area contributed by atoms with Gasteiger partial charge in [0.2, 0.25) is 0 Å². The fraction of sp³-hybridized carbons (Fsp3) is 0.200. The first-order chi connectivity index (χ1) is 9.31. The number of azo groups is 2. The van der Waals surface area contributed by atoms with Crippen molar-refractivity contribution in [2.75, 3.05) is 14.1 Å². The maximum Gasteiger partial charge on any atom is 0.0852 e. The zero-order valence-electron chi connectivity index (χ0n) is 11.1. The Morgan fingerprint density at radius 2 is 1.00 bits per heavy atom. The summed E-state index contributed by atoms with van der Waals surface area (Å²) in [6.45, 7) is 0. The van der Waals surface area contributed by atoms with Crippen molar-refractivity contribution in [3.05, 3.63) is 59.7 Å². The van der Waals surface area contributed by atoms with Crippen molar-refractivity contribution in [2.45, 2.75) is 6.42 Å². The van der Waals surface area contributed by atoms with Gasteiger partial charge in [-0.1, -0.05) is 24.3 Å². The Bertz CT molecular complexity index is 515. The van der Waals surface area contributed by atoms with Gasteiger partial charge < -0.3 is 0 Å². The van der Waals surface area contributed by atoms with E-state index in [1.165, 1.54) is 11.1 Å². The first-order valence-corrected chi connectivity index (χ1v) is 6.09. The molecule has 0 fully saturated rings. The molecule has 0 aliphatic heterocycles. The molecule has 2 aromatic carbocycles. The molecule has 0 heterocycles. The molecule has 0 saturated heterocycles. The molecule has 0 atom stereocenters. The van der Waals surface area contributed by atoms with E-state index in [4.69, 9.17) is 0 Å². The van der Waals surface area contributed by atoms with Gasteiger partial charge in [-0.15, -0.1) is 0 Å². The topological polar surface area (TPSA) is 49.4 Å². The highest BCUT2D eigenvalue weighted by Gasteiger charge is 1.97. The number of benzene rings is 2. The summed E-state index contributed by atoms with van der Waals surface area (Å²) in [6.07, 6.45) is 0.896. The van der Waals surface area contributed by atoms with Crippen LogP contribution < -0.4 is 0 Å². The maximum absolute atomic E-state index is 3.99. The van der Waals surface area contributed by atoms with Gasteiger partial charge in [-0.2, -0.15) is 20.5 Å². The van der Waals surface area contributed by atoms with Crippen molar-refractivity contribution >= 4 is 11.4 Å². The molecular weight excluding hydrogens is 236 g/mol. The van der Waals surface area contributed by atoms with Crippen LogP contribution in [-0.2, 0) is 6.42 Å². The molecule has 19 heavy (non-hydrogen) atoms. The van der Waals surface area contributed by atoms with Crippen LogP contribution in [-0.4, -0.2) is 14.1 Å². The Balaban J connectivity index is 2.07. The molecule has 0 aromatic heterocycles. The zero-order valence-corrected chi connectivity index (χ0v) is 11.1. The molecule has 0 aliphatic carbocycles. The molecule has 0 radical (unpaired) electrons. The van der Waals surface area contributed by atoms with Gasteiger partial charge >= 0.3 is 0 Å². The van der Waals surface area contributed by atoms with Crippen LogP contribution in [0.3, 0.4) is 0 Å². The van der Waals surface area contributed by atoms with Gasteiger partial charge in [-0.05, 0) is 41.8 Å². The van der Waals surface area contributed by atoms with Crippen molar-refractivity contribution in [2.24, 2.45) is 20.5 Å². The second kappa shape index (κ2) is 6.54. The number of hydrogen-bond acceptors (Lipinski definition) is 4. The van der Waals surface area contributed by atoms with Crippen LogP contribution in [0.4, 0.5) is 11.4 Å². The normalized spacial score (nSPS) is 11.5. The van der Waals surface area contributed by atoms with E-state index < -0.39 is 0 Å². The van der Waals surface area contributed by atoms with Crippen molar-refractivity contribution in [3.8, 4) is 0 Å². The molecule has 0 saturated carbocycles. The van der Waals surface area contributed by atoms with E-state index in [2.05, 4.69) is 44.7 Å². The minimum Gasteiger partial charge on any atom is -0.192 e. The third-order valence-corrected chi connectivity index (χ3v) is 2.71. The molecule has 0 aliphatic rings. The Morgan fingerprint density at radius 1 is 0.632 bits per heavy atom. The van der Waals surface area contributed by atoms with Gasteiger partial charge in [0.15, 0.2) is 0 Å². The molecule has 0 N–H and O–H groups in total.